The first-order valence-corrected chi connectivity index (χ1v) is 5.49. The zero-order valence-electron chi connectivity index (χ0n) is 9.74. The van der Waals surface area contributed by atoms with Gasteiger partial charge in [-0.25, -0.2) is 0 Å². The highest BCUT2D eigenvalue weighted by Gasteiger charge is 1.99. The molecule has 0 aliphatic carbocycles. The summed E-state index contributed by atoms with van der Waals surface area (Å²) in [6.45, 7) is 4.46. The van der Waals surface area contributed by atoms with Crippen LogP contribution in [0.1, 0.15) is 26.2 Å². The fourth-order valence-corrected chi connectivity index (χ4v) is 0.898. The van der Waals surface area contributed by atoms with Crippen LogP contribution in [0.4, 0.5) is 0 Å². The predicted molar refractivity (Wildman–Crippen MR) is 57.7 cm³/mol. The number of hydrogen-bond donors (Lipinski definition) is 0. The van der Waals surface area contributed by atoms with E-state index in [1.807, 2.05) is 0 Å². The molecule has 92 valence electrons. The first-order chi connectivity index (χ1) is 7.81. The van der Waals surface area contributed by atoms with E-state index in [0.717, 1.165) is 19.4 Å². The molecule has 0 radical (unpaired) electrons. The smallest absolute Gasteiger partial charge is 0.320 e. The molecule has 0 atom stereocenters. The van der Waals surface area contributed by atoms with Crippen LogP contribution in [0.3, 0.4) is 0 Å². The number of esters is 1. The lowest BCUT2D eigenvalue weighted by Crippen LogP contribution is -2.12. The van der Waals surface area contributed by atoms with Gasteiger partial charge in [-0.3, -0.25) is 4.79 Å². The summed E-state index contributed by atoms with van der Waals surface area (Å²) in [5.41, 5.74) is 0. The van der Waals surface area contributed by atoms with Gasteiger partial charge >= 0.3 is 5.97 Å². The fourth-order valence-electron chi connectivity index (χ4n) is 0.898. The summed E-state index contributed by atoms with van der Waals surface area (Å²) in [5.74, 6) is -0.509. The zero-order valence-corrected chi connectivity index (χ0v) is 9.74. The summed E-state index contributed by atoms with van der Waals surface area (Å²) < 4.78 is 15.1. The maximum absolute atomic E-state index is 10.7. The van der Waals surface area contributed by atoms with E-state index in [9.17, 15) is 4.79 Å². The van der Waals surface area contributed by atoms with Gasteiger partial charge in [0.05, 0.1) is 25.9 Å². The molecule has 0 heterocycles. The van der Waals surface area contributed by atoms with Gasteiger partial charge in [0, 0.05) is 6.61 Å². The minimum absolute atomic E-state index is 0.190. The number of ether oxygens (including phenoxy) is 3. The van der Waals surface area contributed by atoms with E-state index in [0.29, 0.717) is 19.8 Å². The van der Waals surface area contributed by atoms with E-state index in [-0.39, 0.29) is 13.0 Å². The Balaban J connectivity index is 3.04. The van der Waals surface area contributed by atoms with Crippen molar-refractivity contribution in [1.82, 2.24) is 0 Å². The summed E-state index contributed by atoms with van der Waals surface area (Å²) in [4.78, 5) is 10.7. The molecule has 0 spiro atoms. The van der Waals surface area contributed by atoms with E-state index < -0.39 is 5.97 Å². The quantitative estimate of drug-likeness (QED) is 0.417. The Bertz CT molecular complexity index is 213. The standard InChI is InChI=1S/C11H19NO4/c1-2-3-6-14-7-8-15-9-10-16-11(13)4-5-12/h2-4,6-10H2,1H3. The molecule has 0 bridgehead atoms. The fraction of sp³-hybridized carbons (Fsp3) is 0.818. The van der Waals surface area contributed by atoms with Crippen molar-refractivity contribution in [2.45, 2.75) is 26.2 Å². The van der Waals surface area contributed by atoms with Crippen molar-refractivity contribution in [2.24, 2.45) is 0 Å². The number of nitrogens with zero attached hydrogens (tertiary/aromatic N) is 1. The molecule has 0 aromatic carbocycles. The maximum atomic E-state index is 10.7. The number of carbonyl (C=O) groups excluding carboxylic acids is 1. The van der Waals surface area contributed by atoms with Gasteiger partial charge in [0.1, 0.15) is 13.0 Å². The lowest BCUT2D eigenvalue weighted by atomic mass is 10.4. The van der Waals surface area contributed by atoms with Crippen LogP contribution in [0, 0.1) is 11.3 Å². The van der Waals surface area contributed by atoms with Crippen LogP contribution in [-0.4, -0.2) is 39.0 Å². The molecule has 0 amide bonds. The minimum atomic E-state index is -0.509. The molecule has 16 heavy (non-hydrogen) atoms. The molecule has 0 rings (SSSR count). The van der Waals surface area contributed by atoms with Gasteiger partial charge in [0.15, 0.2) is 0 Å². The van der Waals surface area contributed by atoms with Crippen LogP contribution in [0.5, 0.6) is 0 Å². The molecule has 0 fully saturated rings. The third-order valence-corrected chi connectivity index (χ3v) is 1.73. The van der Waals surface area contributed by atoms with Crippen molar-refractivity contribution in [3.63, 3.8) is 0 Å². The summed E-state index contributed by atoms with van der Waals surface area (Å²) >= 11 is 0. The lowest BCUT2D eigenvalue weighted by molar-refractivity contribution is -0.144. The van der Waals surface area contributed by atoms with E-state index in [1.165, 1.54) is 0 Å². The van der Waals surface area contributed by atoms with Crippen LogP contribution >= 0.6 is 0 Å². The summed E-state index contributed by atoms with van der Waals surface area (Å²) in [6.07, 6.45) is 1.97. The molecule has 0 saturated carbocycles. The van der Waals surface area contributed by atoms with Crippen LogP contribution < -0.4 is 0 Å². The van der Waals surface area contributed by atoms with Crippen molar-refractivity contribution in [1.29, 1.82) is 5.26 Å². The van der Waals surface area contributed by atoms with Gasteiger partial charge in [-0.05, 0) is 6.42 Å². The van der Waals surface area contributed by atoms with Gasteiger partial charge in [-0.15, -0.1) is 0 Å². The molecule has 5 heteroatoms. The topological polar surface area (TPSA) is 68.6 Å². The average Bonchev–Trinajstić information content (AvgIpc) is 2.27. The molecule has 0 aliphatic rings. The second kappa shape index (κ2) is 12.0. The minimum Gasteiger partial charge on any atom is -0.462 e. The van der Waals surface area contributed by atoms with Gasteiger partial charge < -0.3 is 14.2 Å². The molecule has 0 aliphatic heterocycles. The number of nitriles is 1. The third kappa shape index (κ3) is 11.0. The van der Waals surface area contributed by atoms with Crippen molar-refractivity contribution in [2.75, 3.05) is 33.0 Å². The Morgan fingerprint density at radius 3 is 2.38 bits per heavy atom. The summed E-state index contributed by atoms with van der Waals surface area (Å²) in [5, 5.41) is 8.18. The van der Waals surface area contributed by atoms with Gasteiger partial charge in [0.2, 0.25) is 0 Å². The van der Waals surface area contributed by atoms with E-state index in [2.05, 4.69) is 6.92 Å². The largest absolute Gasteiger partial charge is 0.462 e. The molecule has 0 N–H and O–H groups in total. The van der Waals surface area contributed by atoms with Crippen molar-refractivity contribution in [3.8, 4) is 6.07 Å². The molecular formula is C11H19NO4. The molecular weight excluding hydrogens is 210 g/mol. The first kappa shape index (κ1) is 14.9. The number of unbranched alkanes of at least 4 members (excludes halogenated alkanes) is 1. The lowest BCUT2D eigenvalue weighted by Gasteiger charge is -2.05. The Kier molecular flexibility index (Phi) is 11.1. The van der Waals surface area contributed by atoms with Crippen LogP contribution in [0.2, 0.25) is 0 Å². The number of carbonyl (C=O) groups is 1. The van der Waals surface area contributed by atoms with Gasteiger partial charge in [-0.2, -0.15) is 5.26 Å². The Labute approximate surface area is 96.3 Å². The highest BCUT2D eigenvalue weighted by Crippen LogP contribution is 1.88. The second-order valence-corrected chi connectivity index (χ2v) is 3.13. The molecule has 0 aromatic heterocycles. The monoisotopic (exact) mass is 229 g/mol. The highest BCUT2D eigenvalue weighted by molar-refractivity contribution is 5.71. The van der Waals surface area contributed by atoms with E-state index >= 15 is 0 Å². The Morgan fingerprint density at radius 2 is 1.75 bits per heavy atom. The highest BCUT2D eigenvalue weighted by atomic mass is 16.6. The zero-order chi connectivity index (χ0) is 12.1. The molecule has 0 saturated heterocycles. The van der Waals surface area contributed by atoms with Crippen LogP contribution in [-0.2, 0) is 19.0 Å². The number of hydrogen-bond acceptors (Lipinski definition) is 5. The normalized spacial score (nSPS) is 9.75. The van der Waals surface area contributed by atoms with Crippen molar-refractivity contribution in [3.05, 3.63) is 0 Å². The van der Waals surface area contributed by atoms with E-state index in [1.54, 1.807) is 6.07 Å². The molecule has 0 aromatic rings. The molecule has 5 nitrogen and oxygen atoms in total. The maximum Gasteiger partial charge on any atom is 0.320 e. The SMILES string of the molecule is CCCCOCCOCCOC(=O)CC#N. The Morgan fingerprint density at radius 1 is 1.12 bits per heavy atom. The first-order valence-electron chi connectivity index (χ1n) is 5.49. The van der Waals surface area contributed by atoms with Crippen LogP contribution in [0.15, 0.2) is 0 Å². The molecule has 0 unspecified atom stereocenters. The predicted octanol–water partition coefficient (Wildman–Crippen LogP) is 1.28. The number of rotatable bonds is 10. The summed E-state index contributed by atoms with van der Waals surface area (Å²) in [6, 6.07) is 1.71. The van der Waals surface area contributed by atoms with Crippen molar-refractivity contribution < 1.29 is 19.0 Å². The third-order valence-electron chi connectivity index (χ3n) is 1.73. The van der Waals surface area contributed by atoms with Gasteiger partial charge in [0.25, 0.3) is 0 Å². The van der Waals surface area contributed by atoms with Crippen molar-refractivity contribution >= 4 is 5.97 Å². The summed E-state index contributed by atoms with van der Waals surface area (Å²) in [7, 11) is 0. The Hall–Kier alpha value is -1.12. The second-order valence-electron chi connectivity index (χ2n) is 3.13. The average molecular weight is 229 g/mol. The van der Waals surface area contributed by atoms with Gasteiger partial charge in [-0.1, -0.05) is 13.3 Å². The van der Waals surface area contributed by atoms with E-state index in [4.69, 9.17) is 19.5 Å². The van der Waals surface area contributed by atoms with Crippen LogP contribution in [0.25, 0.3) is 0 Å².